The number of fused-ring (bicyclic) bond motifs is 1. The molecule has 0 radical (unpaired) electrons. The summed E-state index contributed by atoms with van der Waals surface area (Å²) in [6.45, 7) is 0. The molecule has 3 aromatic rings. The third kappa shape index (κ3) is 2.80. The summed E-state index contributed by atoms with van der Waals surface area (Å²) in [7, 11) is 1.72. The number of carbonyl (C=O) groups is 1. The number of hydrogen-bond acceptors (Lipinski definition) is 2. The predicted octanol–water partition coefficient (Wildman–Crippen LogP) is 3.86. The molecule has 0 N–H and O–H groups in total. The van der Waals surface area contributed by atoms with Crippen LogP contribution in [0.4, 0.5) is 5.82 Å². The number of aromatic nitrogens is 2. The van der Waals surface area contributed by atoms with Crippen LogP contribution in [0.5, 0.6) is 0 Å². The quantitative estimate of drug-likeness (QED) is 0.666. The first-order valence-corrected chi connectivity index (χ1v) is 7.57. The summed E-state index contributed by atoms with van der Waals surface area (Å²) < 4.78 is 2.82. The van der Waals surface area contributed by atoms with Gasteiger partial charge in [0, 0.05) is 17.7 Å². The fourth-order valence-electron chi connectivity index (χ4n) is 2.28. The number of nitrogens with zero attached hydrogens (tertiary/aromatic N) is 3. The molecule has 5 heteroatoms. The maximum atomic E-state index is 11.2. The highest BCUT2D eigenvalue weighted by atomic mass is 79.9. The molecule has 0 atom stereocenters. The van der Waals surface area contributed by atoms with E-state index in [0.29, 0.717) is 0 Å². The van der Waals surface area contributed by atoms with Crippen molar-refractivity contribution >= 4 is 46.0 Å². The van der Waals surface area contributed by atoms with Gasteiger partial charge >= 0.3 is 0 Å². The summed E-state index contributed by atoms with van der Waals surface area (Å²) in [6.07, 6.45) is 6.59. The molecule has 0 bridgehead atoms. The molecule has 0 aliphatic rings. The summed E-state index contributed by atoms with van der Waals surface area (Å²) in [4.78, 5) is 17.3. The van der Waals surface area contributed by atoms with Gasteiger partial charge in [0.25, 0.3) is 0 Å². The summed E-state index contributed by atoms with van der Waals surface area (Å²) in [5.41, 5.74) is 2.62. The van der Waals surface area contributed by atoms with Crippen molar-refractivity contribution in [2.24, 2.45) is 0 Å². The van der Waals surface area contributed by atoms with Crippen LogP contribution in [0, 0.1) is 0 Å². The van der Waals surface area contributed by atoms with E-state index < -0.39 is 0 Å². The van der Waals surface area contributed by atoms with E-state index in [0.717, 1.165) is 33.6 Å². The van der Waals surface area contributed by atoms with Crippen molar-refractivity contribution in [2.75, 3.05) is 11.9 Å². The van der Waals surface area contributed by atoms with Gasteiger partial charge in [-0.05, 0) is 39.7 Å². The summed E-state index contributed by atoms with van der Waals surface area (Å²) in [5, 5.41) is 0. The number of carbonyl (C=O) groups excluding carboxylic acids is 1. The molecule has 0 aliphatic heterocycles. The minimum atomic E-state index is 0.735. The highest BCUT2D eigenvalue weighted by Crippen LogP contribution is 2.25. The van der Waals surface area contributed by atoms with Gasteiger partial charge in [-0.25, -0.2) is 4.98 Å². The molecular weight excluding hydrogens is 342 g/mol. The third-order valence-corrected chi connectivity index (χ3v) is 3.78. The lowest BCUT2D eigenvalue weighted by atomic mass is 10.2. The summed E-state index contributed by atoms with van der Waals surface area (Å²) >= 11 is 3.45. The number of anilines is 1. The molecule has 2 heterocycles. The smallest absolute Gasteiger partial charge is 0.215 e. The zero-order valence-corrected chi connectivity index (χ0v) is 13.6. The summed E-state index contributed by atoms with van der Waals surface area (Å²) in [6, 6.07) is 13.8. The molecule has 0 fully saturated rings. The van der Waals surface area contributed by atoms with Gasteiger partial charge < -0.3 is 4.90 Å². The third-order valence-electron chi connectivity index (χ3n) is 3.31. The average Bonchev–Trinajstić information content (AvgIpc) is 2.90. The molecule has 2 aromatic heterocycles. The van der Waals surface area contributed by atoms with Crippen molar-refractivity contribution < 1.29 is 4.79 Å². The van der Waals surface area contributed by atoms with Gasteiger partial charge in [0.2, 0.25) is 6.41 Å². The van der Waals surface area contributed by atoms with Gasteiger partial charge in [-0.1, -0.05) is 36.4 Å². The van der Waals surface area contributed by atoms with Gasteiger partial charge in [0.15, 0.2) is 0 Å². The largest absolute Gasteiger partial charge is 0.302 e. The van der Waals surface area contributed by atoms with Crippen LogP contribution in [0.1, 0.15) is 11.3 Å². The van der Waals surface area contributed by atoms with Crippen molar-refractivity contribution in [3.8, 4) is 0 Å². The van der Waals surface area contributed by atoms with Crippen molar-refractivity contribution in [1.29, 1.82) is 0 Å². The molecular formula is C17H14BrN3O. The Morgan fingerprint density at radius 1 is 1.14 bits per heavy atom. The number of hydrogen-bond donors (Lipinski definition) is 0. The van der Waals surface area contributed by atoms with Crippen LogP contribution in [0.25, 0.3) is 17.8 Å². The molecule has 1 amide bonds. The molecule has 0 saturated heterocycles. The molecule has 0 aliphatic carbocycles. The second kappa shape index (κ2) is 6.15. The van der Waals surface area contributed by atoms with E-state index in [-0.39, 0.29) is 0 Å². The van der Waals surface area contributed by atoms with E-state index >= 15 is 0 Å². The summed E-state index contributed by atoms with van der Waals surface area (Å²) in [5.74, 6) is 0.735. The highest BCUT2D eigenvalue weighted by Gasteiger charge is 2.14. The maximum Gasteiger partial charge on any atom is 0.215 e. The lowest BCUT2D eigenvalue weighted by molar-refractivity contribution is -0.107. The zero-order valence-electron chi connectivity index (χ0n) is 12.0. The van der Waals surface area contributed by atoms with E-state index in [4.69, 9.17) is 0 Å². The number of amides is 1. The molecule has 0 saturated carbocycles. The Hall–Kier alpha value is -2.40. The number of rotatable bonds is 4. The Bertz CT molecular complexity index is 840. The molecule has 22 heavy (non-hydrogen) atoms. The molecule has 4 nitrogen and oxygen atoms in total. The lowest BCUT2D eigenvalue weighted by Gasteiger charge is -2.11. The van der Waals surface area contributed by atoms with Crippen LogP contribution < -0.4 is 4.90 Å². The lowest BCUT2D eigenvalue weighted by Crippen LogP contribution is -2.16. The highest BCUT2D eigenvalue weighted by molar-refractivity contribution is 9.10. The van der Waals surface area contributed by atoms with Crippen molar-refractivity contribution in [3.63, 3.8) is 0 Å². The zero-order chi connectivity index (χ0) is 15.5. The number of pyridine rings is 1. The fourth-order valence-corrected chi connectivity index (χ4v) is 2.61. The SMILES string of the molecule is CN(C=O)c1c(/C=C/c2ccccc2)nc2ccc(Br)cn12. The minimum Gasteiger partial charge on any atom is -0.302 e. The van der Waals surface area contributed by atoms with Crippen LogP contribution >= 0.6 is 15.9 Å². The van der Waals surface area contributed by atoms with Crippen LogP contribution in [0.15, 0.2) is 53.1 Å². The standard InChI is InChI=1S/C17H14BrN3O/c1-20(12-22)17-15(9-7-13-5-3-2-4-6-13)19-16-10-8-14(18)11-21(16)17/h2-12H,1H3/b9-7+. The molecule has 110 valence electrons. The van der Waals surface area contributed by atoms with Crippen molar-refractivity contribution in [1.82, 2.24) is 9.38 Å². The Morgan fingerprint density at radius 3 is 2.64 bits per heavy atom. The minimum absolute atomic E-state index is 0.735. The van der Waals surface area contributed by atoms with Crippen LogP contribution in [-0.4, -0.2) is 22.8 Å². The monoisotopic (exact) mass is 355 g/mol. The Morgan fingerprint density at radius 2 is 1.91 bits per heavy atom. The fraction of sp³-hybridized carbons (Fsp3) is 0.0588. The van der Waals surface area contributed by atoms with Gasteiger partial charge in [-0.15, -0.1) is 0 Å². The molecule has 3 rings (SSSR count). The Labute approximate surface area is 136 Å². The first-order valence-electron chi connectivity index (χ1n) is 6.78. The van der Waals surface area contributed by atoms with Gasteiger partial charge in [-0.2, -0.15) is 0 Å². The normalized spacial score (nSPS) is 11.2. The predicted molar refractivity (Wildman–Crippen MR) is 92.7 cm³/mol. The number of imidazole rings is 1. The molecule has 0 spiro atoms. The van der Waals surface area contributed by atoms with Gasteiger partial charge in [0.05, 0.1) is 0 Å². The second-order valence-corrected chi connectivity index (χ2v) is 5.77. The maximum absolute atomic E-state index is 11.2. The number of halogens is 1. The van der Waals surface area contributed by atoms with Gasteiger partial charge in [0.1, 0.15) is 17.2 Å². The van der Waals surface area contributed by atoms with Crippen molar-refractivity contribution in [2.45, 2.75) is 0 Å². The van der Waals surface area contributed by atoms with Crippen LogP contribution in [-0.2, 0) is 4.79 Å². The Kier molecular flexibility index (Phi) is 4.06. The van der Waals surface area contributed by atoms with Crippen LogP contribution in [0.3, 0.4) is 0 Å². The van der Waals surface area contributed by atoms with E-state index in [1.807, 2.05) is 65.2 Å². The second-order valence-electron chi connectivity index (χ2n) is 4.86. The number of benzene rings is 1. The molecule has 1 aromatic carbocycles. The Balaban J connectivity index is 2.12. The topological polar surface area (TPSA) is 37.6 Å². The van der Waals surface area contributed by atoms with E-state index in [1.54, 1.807) is 7.05 Å². The van der Waals surface area contributed by atoms with Crippen molar-refractivity contribution in [3.05, 3.63) is 64.4 Å². The average molecular weight is 356 g/mol. The van der Waals surface area contributed by atoms with Gasteiger partial charge in [-0.3, -0.25) is 9.20 Å². The first kappa shape index (κ1) is 14.5. The van der Waals surface area contributed by atoms with Crippen LogP contribution in [0.2, 0.25) is 0 Å². The first-order chi connectivity index (χ1) is 10.7. The van der Waals surface area contributed by atoms with E-state index in [1.165, 1.54) is 4.90 Å². The molecule has 0 unspecified atom stereocenters. The van der Waals surface area contributed by atoms with E-state index in [2.05, 4.69) is 20.9 Å². The van der Waals surface area contributed by atoms with E-state index in [9.17, 15) is 4.79 Å².